The third-order valence-electron chi connectivity index (χ3n) is 2.92. The van der Waals surface area contributed by atoms with Gasteiger partial charge in [-0.05, 0) is 0 Å². The number of hydrogen-bond donors (Lipinski definition) is 1. The Balaban J connectivity index is 2.13. The quantitative estimate of drug-likeness (QED) is 0.830. The van der Waals surface area contributed by atoms with Gasteiger partial charge in [0, 0.05) is 0 Å². The molecule has 1 unspecified atom stereocenters. The zero-order chi connectivity index (χ0) is 10.7. The molecule has 2 nitrogen and oxygen atoms in total. The van der Waals surface area contributed by atoms with Crippen molar-refractivity contribution in [2.45, 2.75) is 36.6 Å². The van der Waals surface area contributed by atoms with Crippen molar-refractivity contribution in [2.24, 2.45) is 0 Å². The van der Waals surface area contributed by atoms with E-state index in [-0.39, 0.29) is 10.9 Å². The Morgan fingerprint density at radius 1 is 1.13 bits per heavy atom. The molecule has 0 saturated heterocycles. The van der Waals surface area contributed by atoms with Crippen molar-refractivity contribution in [1.82, 2.24) is 0 Å². The van der Waals surface area contributed by atoms with Gasteiger partial charge in [0.2, 0.25) is 0 Å². The maximum absolute atomic E-state index is 12.3. The van der Waals surface area contributed by atoms with Gasteiger partial charge < -0.3 is 0 Å². The van der Waals surface area contributed by atoms with E-state index in [1.807, 2.05) is 30.3 Å². The Kier molecular flexibility index (Phi) is 3.68. The first-order chi connectivity index (χ1) is 7.29. The third-order valence-corrected chi connectivity index (χ3v) is 6.77. The molecule has 0 bridgehead atoms. The van der Waals surface area contributed by atoms with Gasteiger partial charge in [0.05, 0.1) is 0 Å². The molecule has 0 spiro atoms. The molecular weight excluding hydrogens is 255 g/mol. The maximum atomic E-state index is 12.3. The van der Waals surface area contributed by atoms with Gasteiger partial charge in [-0.2, -0.15) is 0 Å². The fourth-order valence-electron chi connectivity index (χ4n) is 2.06. The minimum atomic E-state index is -2.06. The van der Waals surface area contributed by atoms with Gasteiger partial charge >= 0.3 is 94.2 Å². The van der Waals surface area contributed by atoms with E-state index >= 15 is 0 Å². The molecule has 0 radical (unpaired) electrons. The predicted octanol–water partition coefficient (Wildman–Crippen LogP) is 1.62. The van der Waals surface area contributed by atoms with Crippen molar-refractivity contribution in [3.8, 4) is 0 Å². The Labute approximate surface area is 94.4 Å². The second-order valence-electron chi connectivity index (χ2n) is 4.00. The van der Waals surface area contributed by atoms with Crippen molar-refractivity contribution >= 4 is 18.3 Å². The topological polar surface area (TPSA) is 37.3 Å². The van der Waals surface area contributed by atoms with E-state index in [1.54, 1.807) is 0 Å². The molecule has 0 amide bonds. The zero-order valence-electron chi connectivity index (χ0n) is 8.63. The summed E-state index contributed by atoms with van der Waals surface area (Å²) in [5, 5.41) is 9.83. The second kappa shape index (κ2) is 5.02. The van der Waals surface area contributed by atoms with Crippen LogP contribution in [0.3, 0.4) is 0 Å². The van der Waals surface area contributed by atoms with Crippen LogP contribution in [0.2, 0.25) is 4.82 Å². The van der Waals surface area contributed by atoms with E-state index in [1.165, 1.54) is 0 Å². The van der Waals surface area contributed by atoms with Gasteiger partial charge in [-0.15, -0.1) is 0 Å². The van der Waals surface area contributed by atoms with E-state index in [2.05, 4.69) is 0 Å². The van der Waals surface area contributed by atoms with Crippen molar-refractivity contribution in [3.05, 3.63) is 30.3 Å². The molecule has 82 valence electrons. The molecule has 15 heavy (non-hydrogen) atoms. The summed E-state index contributed by atoms with van der Waals surface area (Å²) in [5.74, 6) is 0. The average Bonchev–Trinajstić information content (AvgIpc) is 2.30. The molecule has 0 aliphatic heterocycles. The molecular formula is C12H16O2Se. The molecule has 1 aromatic carbocycles. The van der Waals surface area contributed by atoms with Crippen LogP contribution in [0.25, 0.3) is 0 Å². The first-order valence-electron chi connectivity index (χ1n) is 5.43. The molecule has 1 aliphatic carbocycles. The van der Waals surface area contributed by atoms with Crippen LogP contribution in [0.15, 0.2) is 30.3 Å². The summed E-state index contributed by atoms with van der Waals surface area (Å²) in [7, 11) is 0. The molecule has 1 N–H and O–H groups in total. The van der Waals surface area contributed by atoms with E-state index in [0.717, 1.165) is 30.1 Å². The summed E-state index contributed by atoms with van der Waals surface area (Å²) in [6, 6.07) is 9.59. The molecule has 0 heterocycles. The van der Waals surface area contributed by atoms with Gasteiger partial charge in [0.15, 0.2) is 0 Å². The van der Waals surface area contributed by atoms with E-state index < -0.39 is 13.8 Å². The molecule has 3 atom stereocenters. The molecule has 1 aromatic rings. The second-order valence-corrected chi connectivity index (χ2v) is 7.51. The van der Waals surface area contributed by atoms with E-state index in [4.69, 9.17) is 0 Å². The van der Waals surface area contributed by atoms with Crippen LogP contribution in [0.1, 0.15) is 25.7 Å². The van der Waals surface area contributed by atoms with Gasteiger partial charge in [0.1, 0.15) is 0 Å². The Bertz CT molecular complexity index is 337. The normalized spacial score (nSPS) is 28.6. The number of benzene rings is 1. The molecule has 0 aromatic heterocycles. The summed E-state index contributed by atoms with van der Waals surface area (Å²) < 4.78 is 13.2. The predicted molar refractivity (Wildman–Crippen MR) is 60.7 cm³/mol. The van der Waals surface area contributed by atoms with Crippen molar-refractivity contribution in [2.75, 3.05) is 0 Å². The van der Waals surface area contributed by atoms with Crippen LogP contribution in [-0.2, 0) is 3.83 Å². The summed E-state index contributed by atoms with van der Waals surface area (Å²) in [6.45, 7) is 0. The minimum absolute atomic E-state index is 0.0288. The summed E-state index contributed by atoms with van der Waals surface area (Å²) in [4.78, 5) is 0.0288. The summed E-state index contributed by atoms with van der Waals surface area (Å²) in [5.41, 5.74) is 0. The average molecular weight is 271 g/mol. The standard InChI is InChI=1S/C12H16O2Se/c13-11-8-4-5-9-12(11)15(14)10-6-2-1-3-7-10/h1-3,6-7,11-13H,4-5,8-9H2/t11-,12-,15?/m1/s1. The third kappa shape index (κ3) is 2.54. The van der Waals surface area contributed by atoms with Gasteiger partial charge in [-0.25, -0.2) is 0 Å². The van der Waals surface area contributed by atoms with Crippen LogP contribution in [-0.4, -0.2) is 25.0 Å². The number of hydrogen-bond acceptors (Lipinski definition) is 2. The van der Waals surface area contributed by atoms with Gasteiger partial charge in [-0.3, -0.25) is 0 Å². The fourth-order valence-corrected chi connectivity index (χ4v) is 5.37. The van der Waals surface area contributed by atoms with Crippen LogP contribution < -0.4 is 4.46 Å². The monoisotopic (exact) mass is 272 g/mol. The number of rotatable bonds is 2. The van der Waals surface area contributed by atoms with Crippen LogP contribution in [0.4, 0.5) is 0 Å². The van der Waals surface area contributed by atoms with Crippen molar-refractivity contribution in [3.63, 3.8) is 0 Å². The Morgan fingerprint density at radius 3 is 2.47 bits per heavy atom. The Morgan fingerprint density at radius 2 is 1.80 bits per heavy atom. The first kappa shape index (κ1) is 11.0. The van der Waals surface area contributed by atoms with E-state index in [0.29, 0.717) is 0 Å². The SMILES string of the molecule is O=[Se](c1ccccc1)[C@@H]1CCCC[C@H]1O. The summed E-state index contributed by atoms with van der Waals surface area (Å²) in [6.07, 6.45) is 3.58. The molecule has 1 aliphatic rings. The molecule has 1 saturated carbocycles. The zero-order valence-corrected chi connectivity index (χ0v) is 10.3. The number of aliphatic hydroxyl groups is 1. The first-order valence-corrected chi connectivity index (χ1v) is 7.97. The molecule has 3 heteroatoms. The summed E-state index contributed by atoms with van der Waals surface area (Å²) >= 11 is -2.06. The fraction of sp³-hybridized carbons (Fsp3) is 0.500. The van der Waals surface area contributed by atoms with Gasteiger partial charge in [0.25, 0.3) is 0 Å². The molecule has 1 fully saturated rings. The van der Waals surface area contributed by atoms with Gasteiger partial charge in [-0.1, -0.05) is 0 Å². The molecule has 2 rings (SSSR count). The van der Waals surface area contributed by atoms with Crippen molar-refractivity contribution < 1.29 is 8.94 Å². The number of aliphatic hydroxyl groups excluding tert-OH is 1. The van der Waals surface area contributed by atoms with Crippen LogP contribution in [0.5, 0.6) is 0 Å². The van der Waals surface area contributed by atoms with Crippen LogP contribution >= 0.6 is 0 Å². The Hall–Kier alpha value is -0.501. The van der Waals surface area contributed by atoms with Crippen molar-refractivity contribution in [1.29, 1.82) is 0 Å². The van der Waals surface area contributed by atoms with Crippen LogP contribution in [0, 0.1) is 0 Å². The van der Waals surface area contributed by atoms with E-state index in [9.17, 15) is 8.94 Å².